The Bertz CT molecular complexity index is 1130. The van der Waals surface area contributed by atoms with Crippen molar-refractivity contribution in [1.29, 1.82) is 0 Å². The number of benzene rings is 2. The Kier molecular flexibility index (Phi) is 7.93. The van der Waals surface area contributed by atoms with Gasteiger partial charge in [0, 0.05) is 31.1 Å². The van der Waals surface area contributed by atoms with Crippen LogP contribution in [-0.2, 0) is 10.2 Å². The first-order valence-corrected chi connectivity index (χ1v) is 13.2. The van der Waals surface area contributed by atoms with Gasteiger partial charge in [-0.3, -0.25) is 0 Å². The number of anilines is 2. The SMILES string of the molecule is S=C(NCC1(c2ccccc2)CCCCC1)Nc1nc(Oc2ccccc2)cc(N2CCOCC2)n1. The first-order chi connectivity index (χ1) is 17.7. The van der Waals surface area contributed by atoms with Crippen molar-refractivity contribution in [3.05, 3.63) is 72.3 Å². The van der Waals surface area contributed by atoms with Gasteiger partial charge in [-0.05, 0) is 42.8 Å². The number of rotatable bonds is 7. The van der Waals surface area contributed by atoms with Crippen molar-refractivity contribution in [2.45, 2.75) is 37.5 Å². The van der Waals surface area contributed by atoms with Crippen LogP contribution in [0.15, 0.2) is 66.7 Å². The molecule has 8 heteroatoms. The van der Waals surface area contributed by atoms with Gasteiger partial charge in [0.2, 0.25) is 11.8 Å². The van der Waals surface area contributed by atoms with Gasteiger partial charge in [-0.15, -0.1) is 0 Å². The molecule has 0 radical (unpaired) electrons. The maximum atomic E-state index is 6.05. The average molecular weight is 504 g/mol. The normalized spacial score (nSPS) is 17.3. The fourth-order valence-electron chi connectivity index (χ4n) is 5.07. The summed E-state index contributed by atoms with van der Waals surface area (Å²) in [6.45, 7) is 3.65. The van der Waals surface area contributed by atoms with Crippen LogP contribution in [0.2, 0.25) is 0 Å². The second-order valence-electron chi connectivity index (χ2n) is 9.42. The van der Waals surface area contributed by atoms with Gasteiger partial charge in [-0.1, -0.05) is 67.8 Å². The Morgan fingerprint density at radius 2 is 1.64 bits per heavy atom. The van der Waals surface area contributed by atoms with E-state index in [9.17, 15) is 0 Å². The molecule has 2 N–H and O–H groups in total. The molecule has 2 aliphatic rings. The molecule has 1 aromatic heterocycles. The Morgan fingerprint density at radius 1 is 0.944 bits per heavy atom. The van der Waals surface area contributed by atoms with Crippen molar-refractivity contribution < 1.29 is 9.47 Å². The molecule has 2 aromatic carbocycles. The maximum absolute atomic E-state index is 6.05. The van der Waals surface area contributed by atoms with E-state index in [1.54, 1.807) is 0 Å². The fourth-order valence-corrected chi connectivity index (χ4v) is 5.23. The zero-order valence-corrected chi connectivity index (χ0v) is 21.3. The van der Waals surface area contributed by atoms with Gasteiger partial charge in [0.25, 0.3) is 0 Å². The molecular weight excluding hydrogens is 470 g/mol. The van der Waals surface area contributed by atoms with Crippen LogP contribution in [0, 0.1) is 0 Å². The van der Waals surface area contributed by atoms with Crippen molar-refractivity contribution in [3.63, 3.8) is 0 Å². The Balaban J connectivity index is 1.32. The summed E-state index contributed by atoms with van der Waals surface area (Å²) in [5.41, 5.74) is 1.47. The monoisotopic (exact) mass is 503 g/mol. The van der Waals surface area contributed by atoms with Gasteiger partial charge in [-0.2, -0.15) is 9.97 Å². The molecule has 1 aliphatic carbocycles. The largest absolute Gasteiger partial charge is 0.439 e. The highest BCUT2D eigenvalue weighted by Gasteiger charge is 2.33. The van der Waals surface area contributed by atoms with Gasteiger partial charge < -0.3 is 25.0 Å². The molecule has 0 atom stereocenters. The quantitative estimate of drug-likeness (QED) is 0.421. The molecule has 2 fully saturated rings. The summed E-state index contributed by atoms with van der Waals surface area (Å²) >= 11 is 5.70. The van der Waals surface area contributed by atoms with Crippen LogP contribution < -0.4 is 20.3 Å². The van der Waals surface area contributed by atoms with E-state index >= 15 is 0 Å². The highest BCUT2D eigenvalue weighted by molar-refractivity contribution is 7.80. The van der Waals surface area contributed by atoms with Gasteiger partial charge in [0.05, 0.1) is 13.2 Å². The zero-order chi connectivity index (χ0) is 24.6. The van der Waals surface area contributed by atoms with E-state index in [-0.39, 0.29) is 5.41 Å². The smallest absolute Gasteiger partial charge is 0.234 e. The average Bonchev–Trinajstić information content (AvgIpc) is 2.94. The van der Waals surface area contributed by atoms with Crippen LogP contribution in [-0.4, -0.2) is 47.9 Å². The number of thiocarbonyl (C=S) groups is 1. The van der Waals surface area contributed by atoms with E-state index in [2.05, 4.69) is 50.8 Å². The fraction of sp³-hybridized carbons (Fsp3) is 0.393. The number of para-hydroxylation sites is 1. The number of hydrogen-bond acceptors (Lipinski definition) is 6. The summed E-state index contributed by atoms with van der Waals surface area (Å²) in [6, 6.07) is 22.3. The van der Waals surface area contributed by atoms with Crippen LogP contribution in [0.25, 0.3) is 0 Å². The van der Waals surface area contributed by atoms with Crippen molar-refractivity contribution in [2.24, 2.45) is 0 Å². The van der Waals surface area contributed by atoms with Crippen LogP contribution in [0.5, 0.6) is 11.6 Å². The number of ether oxygens (including phenoxy) is 2. The molecule has 3 aromatic rings. The predicted octanol–water partition coefficient (Wildman–Crippen LogP) is 5.29. The minimum absolute atomic E-state index is 0.0866. The van der Waals surface area contributed by atoms with Crippen LogP contribution in [0.4, 0.5) is 11.8 Å². The molecule has 1 aliphatic heterocycles. The molecule has 5 rings (SSSR count). The van der Waals surface area contributed by atoms with Crippen LogP contribution in [0.1, 0.15) is 37.7 Å². The third-order valence-corrected chi connectivity index (χ3v) is 7.25. The van der Waals surface area contributed by atoms with E-state index in [1.165, 1.54) is 24.8 Å². The Hall–Kier alpha value is -3.23. The standard InChI is InChI=1S/C28H33N5O2S/c36-27(29-21-28(14-8-3-9-15-28)22-10-4-1-5-11-22)32-26-30-24(33-16-18-34-19-17-33)20-25(31-26)35-23-12-6-2-7-13-23/h1-2,4-7,10-13,20H,3,8-9,14-19,21H2,(H2,29,30,31,32,36). The molecule has 1 saturated heterocycles. The lowest BCUT2D eigenvalue weighted by Gasteiger charge is -2.38. The molecule has 0 spiro atoms. The topological polar surface area (TPSA) is 71.5 Å². The van der Waals surface area contributed by atoms with E-state index in [0.717, 1.165) is 44.0 Å². The predicted molar refractivity (Wildman–Crippen MR) is 147 cm³/mol. The molecule has 0 amide bonds. The summed E-state index contributed by atoms with van der Waals surface area (Å²) in [5, 5.41) is 7.20. The van der Waals surface area contributed by atoms with E-state index in [1.807, 2.05) is 36.4 Å². The number of hydrogen-bond donors (Lipinski definition) is 2. The third-order valence-electron chi connectivity index (χ3n) is 7.00. The summed E-state index contributed by atoms with van der Waals surface area (Å²) in [7, 11) is 0. The summed E-state index contributed by atoms with van der Waals surface area (Å²) in [5.74, 6) is 2.39. The second kappa shape index (κ2) is 11.7. The molecule has 188 valence electrons. The molecule has 1 saturated carbocycles. The lowest BCUT2D eigenvalue weighted by Crippen LogP contribution is -2.43. The minimum Gasteiger partial charge on any atom is -0.439 e. The first kappa shape index (κ1) is 24.5. The molecule has 0 bridgehead atoms. The third kappa shape index (κ3) is 6.12. The lowest BCUT2D eigenvalue weighted by molar-refractivity contribution is 0.122. The molecular formula is C28H33N5O2S. The highest BCUT2D eigenvalue weighted by atomic mass is 32.1. The summed E-state index contributed by atoms with van der Waals surface area (Å²) in [6.07, 6.45) is 6.09. The Labute approximate surface area is 218 Å². The molecule has 0 unspecified atom stereocenters. The Morgan fingerprint density at radius 3 is 2.36 bits per heavy atom. The molecule has 2 heterocycles. The van der Waals surface area contributed by atoms with E-state index in [4.69, 9.17) is 26.7 Å². The maximum Gasteiger partial charge on any atom is 0.234 e. The number of morpholine rings is 1. The van der Waals surface area contributed by atoms with Gasteiger partial charge in [-0.25, -0.2) is 0 Å². The number of nitrogens with zero attached hydrogens (tertiary/aromatic N) is 3. The lowest BCUT2D eigenvalue weighted by atomic mass is 9.69. The molecule has 7 nitrogen and oxygen atoms in total. The summed E-state index contributed by atoms with van der Waals surface area (Å²) < 4.78 is 11.6. The van der Waals surface area contributed by atoms with Gasteiger partial charge in [0.1, 0.15) is 11.6 Å². The van der Waals surface area contributed by atoms with E-state index in [0.29, 0.717) is 30.2 Å². The zero-order valence-electron chi connectivity index (χ0n) is 20.5. The first-order valence-electron chi connectivity index (χ1n) is 12.8. The van der Waals surface area contributed by atoms with Crippen molar-refractivity contribution >= 4 is 29.1 Å². The van der Waals surface area contributed by atoms with Crippen LogP contribution in [0.3, 0.4) is 0 Å². The van der Waals surface area contributed by atoms with Gasteiger partial charge in [0.15, 0.2) is 5.11 Å². The van der Waals surface area contributed by atoms with Crippen LogP contribution >= 0.6 is 12.2 Å². The van der Waals surface area contributed by atoms with Crippen molar-refractivity contribution in [1.82, 2.24) is 15.3 Å². The molecule has 36 heavy (non-hydrogen) atoms. The van der Waals surface area contributed by atoms with Crippen molar-refractivity contribution in [3.8, 4) is 11.6 Å². The highest BCUT2D eigenvalue weighted by Crippen LogP contribution is 2.39. The van der Waals surface area contributed by atoms with Gasteiger partial charge >= 0.3 is 0 Å². The van der Waals surface area contributed by atoms with E-state index < -0.39 is 0 Å². The number of nitrogens with one attached hydrogen (secondary N) is 2. The summed E-state index contributed by atoms with van der Waals surface area (Å²) in [4.78, 5) is 11.5. The van der Waals surface area contributed by atoms with Crippen molar-refractivity contribution in [2.75, 3.05) is 43.1 Å². The second-order valence-corrected chi connectivity index (χ2v) is 9.83. The number of aromatic nitrogens is 2. The minimum atomic E-state index is 0.0866.